The van der Waals surface area contributed by atoms with Crippen LogP contribution in [0.2, 0.25) is 0 Å². The molecule has 0 rings (SSSR count). The minimum Gasteiger partial charge on any atom is -0.348 e. The van der Waals surface area contributed by atoms with Gasteiger partial charge in [-0.05, 0) is 12.8 Å². The fourth-order valence-corrected chi connectivity index (χ4v) is 2.54. The van der Waals surface area contributed by atoms with Crippen LogP contribution >= 0.6 is 23.7 Å². The van der Waals surface area contributed by atoms with Crippen molar-refractivity contribution in [2.24, 2.45) is 0 Å². The Labute approximate surface area is 144 Å². The van der Waals surface area contributed by atoms with Gasteiger partial charge in [0.2, 0.25) is 0 Å². The number of hydrogen-bond acceptors (Lipinski definition) is 4. The van der Waals surface area contributed by atoms with Gasteiger partial charge in [0, 0.05) is 12.8 Å². The van der Waals surface area contributed by atoms with Gasteiger partial charge in [0.25, 0.3) is 0 Å². The molecule has 0 bridgehead atoms. The van der Waals surface area contributed by atoms with Gasteiger partial charge in [-0.25, -0.2) is 0 Å². The third-order valence-corrected chi connectivity index (χ3v) is 4.03. The summed E-state index contributed by atoms with van der Waals surface area (Å²) in [4.78, 5) is 21.6. The van der Waals surface area contributed by atoms with Crippen molar-refractivity contribution in [1.82, 2.24) is 0 Å². The predicted octanol–water partition coefficient (Wildman–Crippen LogP) is 5.84. The Bertz CT molecular complexity index is 257. The van der Waals surface area contributed by atoms with Crippen LogP contribution in [0.25, 0.3) is 0 Å². The van der Waals surface area contributed by atoms with Gasteiger partial charge >= 0.3 is 11.9 Å². The summed E-state index contributed by atoms with van der Waals surface area (Å²) >= 11 is 9.90. The smallest absolute Gasteiger partial charge is 0.324 e. The standard InChI is InChI=1S/C16H28Cl2O4/c17-21-15(19)13-11-9-7-5-3-1-2-4-6-8-10-12-14-16(20)22-18/h1-14H2. The molecule has 0 fully saturated rings. The van der Waals surface area contributed by atoms with Crippen LogP contribution in [-0.2, 0) is 18.2 Å². The monoisotopic (exact) mass is 354 g/mol. The highest BCUT2D eigenvalue weighted by Crippen LogP contribution is 2.13. The lowest BCUT2D eigenvalue weighted by molar-refractivity contribution is -0.135. The van der Waals surface area contributed by atoms with Crippen molar-refractivity contribution in [3.8, 4) is 0 Å². The van der Waals surface area contributed by atoms with E-state index in [1.807, 2.05) is 0 Å². The Balaban J connectivity index is 3.05. The SMILES string of the molecule is O=C(CCCCCCCCCCCCCCC(=O)OCl)OCl. The Morgan fingerprint density at radius 2 is 0.727 bits per heavy atom. The summed E-state index contributed by atoms with van der Waals surface area (Å²) in [5, 5.41) is 0. The van der Waals surface area contributed by atoms with E-state index < -0.39 is 0 Å². The van der Waals surface area contributed by atoms with Crippen LogP contribution in [0, 0.1) is 0 Å². The largest absolute Gasteiger partial charge is 0.348 e. The average Bonchev–Trinajstić information content (AvgIpc) is 2.54. The van der Waals surface area contributed by atoms with E-state index >= 15 is 0 Å². The van der Waals surface area contributed by atoms with Gasteiger partial charge in [0.05, 0.1) is 0 Å². The second-order valence-corrected chi connectivity index (χ2v) is 5.95. The molecule has 0 aliphatic carbocycles. The second-order valence-electron chi connectivity index (χ2n) is 5.64. The number of carbonyl (C=O) groups is 2. The van der Waals surface area contributed by atoms with Crippen LogP contribution in [0.4, 0.5) is 0 Å². The Morgan fingerprint density at radius 3 is 0.955 bits per heavy atom. The summed E-state index contributed by atoms with van der Waals surface area (Å²) in [5.74, 6) is -0.664. The fourth-order valence-electron chi connectivity index (χ4n) is 2.38. The highest BCUT2D eigenvalue weighted by atomic mass is 35.5. The zero-order valence-corrected chi connectivity index (χ0v) is 14.8. The molecule has 0 aliphatic rings. The summed E-state index contributed by atoms with van der Waals surface area (Å²) in [6.07, 6.45) is 14.6. The van der Waals surface area contributed by atoms with Crippen molar-refractivity contribution in [3.05, 3.63) is 0 Å². The van der Waals surface area contributed by atoms with Gasteiger partial charge in [-0.2, -0.15) is 0 Å². The molecule has 0 saturated carbocycles. The summed E-state index contributed by atoms with van der Waals surface area (Å²) in [6.45, 7) is 0. The van der Waals surface area contributed by atoms with Crippen LogP contribution in [0.1, 0.15) is 89.9 Å². The molecule has 6 heteroatoms. The van der Waals surface area contributed by atoms with E-state index in [1.165, 1.54) is 51.4 Å². The van der Waals surface area contributed by atoms with E-state index in [-0.39, 0.29) is 11.9 Å². The average molecular weight is 355 g/mol. The molecule has 0 aromatic heterocycles. The second kappa shape index (κ2) is 16.9. The molecule has 0 aromatic rings. The summed E-state index contributed by atoms with van der Waals surface area (Å²) < 4.78 is 8.16. The third-order valence-electron chi connectivity index (χ3n) is 3.68. The first-order chi connectivity index (χ1) is 10.7. The van der Waals surface area contributed by atoms with Crippen molar-refractivity contribution in [2.75, 3.05) is 0 Å². The van der Waals surface area contributed by atoms with Crippen molar-refractivity contribution < 1.29 is 18.2 Å². The Hall–Kier alpha value is -0.480. The summed E-state index contributed by atoms with van der Waals surface area (Å²) in [7, 11) is 0. The van der Waals surface area contributed by atoms with Gasteiger partial charge in [0.15, 0.2) is 0 Å². The number of halogens is 2. The van der Waals surface area contributed by atoms with Crippen molar-refractivity contribution in [1.29, 1.82) is 0 Å². The molecule has 0 radical (unpaired) electrons. The lowest BCUT2D eigenvalue weighted by Crippen LogP contribution is -1.95. The highest BCUT2D eigenvalue weighted by molar-refractivity contribution is 6.13. The quantitative estimate of drug-likeness (QED) is 0.346. The molecule has 0 saturated heterocycles. The van der Waals surface area contributed by atoms with Crippen LogP contribution in [0.5, 0.6) is 0 Å². The highest BCUT2D eigenvalue weighted by Gasteiger charge is 2.01. The van der Waals surface area contributed by atoms with Gasteiger partial charge in [0.1, 0.15) is 23.7 Å². The first-order valence-corrected chi connectivity index (χ1v) is 8.95. The first kappa shape index (κ1) is 21.5. The van der Waals surface area contributed by atoms with E-state index in [0.29, 0.717) is 12.8 Å². The minimum absolute atomic E-state index is 0.332. The normalized spacial score (nSPS) is 10.5. The molecule has 4 nitrogen and oxygen atoms in total. The molecule has 0 amide bonds. The fraction of sp³-hybridized carbons (Fsp3) is 0.875. The van der Waals surface area contributed by atoms with Crippen LogP contribution < -0.4 is 0 Å². The number of hydrogen-bond donors (Lipinski definition) is 0. The third kappa shape index (κ3) is 15.9. The van der Waals surface area contributed by atoms with E-state index in [4.69, 9.17) is 23.7 Å². The zero-order chi connectivity index (χ0) is 16.5. The van der Waals surface area contributed by atoms with Gasteiger partial charge in [-0.3, -0.25) is 9.59 Å². The summed E-state index contributed by atoms with van der Waals surface area (Å²) in [5.41, 5.74) is 0. The van der Waals surface area contributed by atoms with Crippen LogP contribution in [0.15, 0.2) is 0 Å². The van der Waals surface area contributed by atoms with Crippen molar-refractivity contribution >= 4 is 35.7 Å². The van der Waals surface area contributed by atoms with E-state index in [2.05, 4.69) is 8.58 Å². The Morgan fingerprint density at radius 1 is 0.500 bits per heavy atom. The van der Waals surface area contributed by atoms with E-state index in [0.717, 1.165) is 25.7 Å². The summed E-state index contributed by atoms with van der Waals surface area (Å²) in [6, 6.07) is 0. The van der Waals surface area contributed by atoms with Gasteiger partial charge < -0.3 is 8.58 Å². The molecule has 130 valence electrons. The Kier molecular flexibility index (Phi) is 16.5. The van der Waals surface area contributed by atoms with Gasteiger partial charge in [-0.15, -0.1) is 0 Å². The van der Waals surface area contributed by atoms with Crippen LogP contribution in [0.3, 0.4) is 0 Å². The lowest BCUT2D eigenvalue weighted by Gasteiger charge is -2.03. The van der Waals surface area contributed by atoms with Gasteiger partial charge in [-0.1, -0.05) is 64.2 Å². The maximum atomic E-state index is 10.8. The molecule has 0 N–H and O–H groups in total. The lowest BCUT2D eigenvalue weighted by atomic mass is 10.0. The molecular weight excluding hydrogens is 327 g/mol. The molecule has 0 aromatic carbocycles. The molecule has 0 unspecified atom stereocenters. The maximum absolute atomic E-state index is 10.8. The predicted molar refractivity (Wildman–Crippen MR) is 88.5 cm³/mol. The zero-order valence-electron chi connectivity index (χ0n) is 13.3. The van der Waals surface area contributed by atoms with E-state index in [9.17, 15) is 9.59 Å². The molecule has 22 heavy (non-hydrogen) atoms. The van der Waals surface area contributed by atoms with Crippen molar-refractivity contribution in [2.45, 2.75) is 89.9 Å². The molecule has 0 atom stereocenters. The minimum atomic E-state index is -0.332. The van der Waals surface area contributed by atoms with E-state index in [1.54, 1.807) is 0 Å². The number of rotatable bonds is 15. The number of unbranched alkanes of at least 4 members (excludes halogenated alkanes) is 11. The molecule has 0 heterocycles. The topological polar surface area (TPSA) is 52.6 Å². The molecule has 0 aliphatic heterocycles. The molecule has 0 spiro atoms. The van der Waals surface area contributed by atoms with Crippen LogP contribution in [-0.4, -0.2) is 11.9 Å². The maximum Gasteiger partial charge on any atom is 0.324 e. The van der Waals surface area contributed by atoms with Crippen molar-refractivity contribution in [3.63, 3.8) is 0 Å². The molecular formula is C16H28Cl2O4. The number of carbonyl (C=O) groups excluding carboxylic acids is 2. The first-order valence-electron chi connectivity index (χ1n) is 8.33.